The van der Waals surface area contributed by atoms with Crippen LogP contribution in [0.5, 0.6) is 0 Å². The first-order chi connectivity index (χ1) is 8.63. The Hall–Kier alpha value is -1.68. The minimum atomic E-state index is -0.224. The van der Waals surface area contributed by atoms with Crippen molar-refractivity contribution >= 4 is 17.5 Å². The number of anilines is 1. The molecule has 4 heteroatoms. The van der Waals surface area contributed by atoms with Crippen molar-refractivity contribution in [3.63, 3.8) is 0 Å². The molecule has 4 nitrogen and oxygen atoms in total. The zero-order chi connectivity index (χ0) is 13.1. The highest BCUT2D eigenvalue weighted by Gasteiger charge is 2.36. The van der Waals surface area contributed by atoms with Crippen LogP contribution in [-0.4, -0.2) is 23.5 Å². The number of imide groups is 1. The molecule has 1 aromatic rings. The molecule has 1 saturated heterocycles. The first-order valence-corrected chi connectivity index (χ1v) is 6.20. The first kappa shape index (κ1) is 12.8. The summed E-state index contributed by atoms with van der Waals surface area (Å²) in [6.45, 7) is 1.92. The number of benzene rings is 1. The molecule has 0 bridgehead atoms. The summed E-state index contributed by atoms with van der Waals surface area (Å²) in [5.41, 5.74) is 1.67. The van der Waals surface area contributed by atoms with E-state index in [1.165, 1.54) is 4.90 Å². The van der Waals surface area contributed by atoms with Gasteiger partial charge in [-0.3, -0.25) is 14.5 Å². The van der Waals surface area contributed by atoms with Crippen molar-refractivity contribution in [1.29, 1.82) is 0 Å². The number of nitrogens with zero attached hydrogens (tertiary/aromatic N) is 1. The summed E-state index contributed by atoms with van der Waals surface area (Å²) < 4.78 is 0. The highest BCUT2D eigenvalue weighted by Crippen LogP contribution is 2.26. The predicted octanol–water partition coefficient (Wildman–Crippen LogP) is 1.51. The summed E-state index contributed by atoms with van der Waals surface area (Å²) in [7, 11) is 0. The number of aliphatic hydroxyl groups excluding tert-OH is 1. The smallest absolute Gasteiger partial charge is 0.237 e. The minimum absolute atomic E-state index is 0.126. The number of aliphatic hydroxyl groups is 1. The fourth-order valence-electron chi connectivity index (χ4n) is 2.19. The Morgan fingerprint density at radius 3 is 2.78 bits per heavy atom. The molecule has 18 heavy (non-hydrogen) atoms. The lowest BCUT2D eigenvalue weighted by Crippen LogP contribution is -2.30. The maximum atomic E-state index is 11.9. The summed E-state index contributed by atoms with van der Waals surface area (Å²) in [6, 6.07) is 7.40. The van der Waals surface area contributed by atoms with Crippen molar-refractivity contribution in [2.75, 3.05) is 11.5 Å². The van der Waals surface area contributed by atoms with Crippen LogP contribution in [0.4, 0.5) is 5.69 Å². The zero-order valence-corrected chi connectivity index (χ0v) is 10.4. The van der Waals surface area contributed by atoms with Gasteiger partial charge in [-0.25, -0.2) is 0 Å². The Morgan fingerprint density at radius 1 is 1.39 bits per heavy atom. The molecule has 2 amide bonds. The lowest BCUT2D eigenvalue weighted by molar-refractivity contribution is -0.122. The van der Waals surface area contributed by atoms with Gasteiger partial charge in [0, 0.05) is 18.9 Å². The quantitative estimate of drug-likeness (QED) is 0.820. The lowest BCUT2D eigenvalue weighted by atomic mass is 10.1. The van der Waals surface area contributed by atoms with E-state index in [4.69, 9.17) is 5.11 Å². The number of carbonyl (C=O) groups excluding carboxylic acids is 2. The van der Waals surface area contributed by atoms with E-state index in [-0.39, 0.29) is 24.3 Å². The van der Waals surface area contributed by atoms with Crippen molar-refractivity contribution in [2.24, 2.45) is 5.92 Å². The van der Waals surface area contributed by atoms with E-state index in [1.807, 2.05) is 18.2 Å². The molecule has 1 aromatic carbocycles. The van der Waals surface area contributed by atoms with Gasteiger partial charge >= 0.3 is 0 Å². The molecule has 1 fully saturated rings. The molecule has 0 saturated carbocycles. The Bertz CT molecular complexity index is 470. The highest BCUT2D eigenvalue weighted by molar-refractivity contribution is 6.20. The van der Waals surface area contributed by atoms with Gasteiger partial charge in [-0.2, -0.15) is 0 Å². The van der Waals surface area contributed by atoms with Crippen LogP contribution in [0.3, 0.4) is 0 Å². The van der Waals surface area contributed by atoms with Gasteiger partial charge in [0.05, 0.1) is 5.69 Å². The van der Waals surface area contributed by atoms with Crippen LogP contribution in [0.25, 0.3) is 0 Å². The average Bonchev–Trinajstić information content (AvgIpc) is 2.61. The third-order valence-corrected chi connectivity index (χ3v) is 3.16. The largest absolute Gasteiger partial charge is 0.396 e. The van der Waals surface area contributed by atoms with Gasteiger partial charge in [0.25, 0.3) is 0 Å². The topological polar surface area (TPSA) is 57.6 Å². The molecule has 0 radical (unpaired) electrons. The van der Waals surface area contributed by atoms with Crippen molar-refractivity contribution in [1.82, 2.24) is 0 Å². The fourth-order valence-corrected chi connectivity index (χ4v) is 2.19. The number of amides is 2. The summed E-state index contributed by atoms with van der Waals surface area (Å²) in [4.78, 5) is 25.0. The molecule has 1 heterocycles. The zero-order valence-electron chi connectivity index (χ0n) is 10.4. The van der Waals surface area contributed by atoms with Crippen molar-refractivity contribution < 1.29 is 14.7 Å². The van der Waals surface area contributed by atoms with E-state index in [0.29, 0.717) is 18.5 Å². The maximum Gasteiger partial charge on any atom is 0.237 e. The van der Waals surface area contributed by atoms with Gasteiger partial charge in [-0.05, 0) is 30.5 Å². The van der Waals surface area contributed by atoms with Crippen LogP contribution >= 0.6 is 0 Å². The van der Waals surface area contributed by atoms with E-state index in [1.54, 1.807) is 13.0 Å². The third kappa shape index (κ3) is 2.43. The van der Waals surface area contributed by atoms with Gasteiger partial charge in [0.2, 0.25) is 11.8 Å². The summed E-state index contributed by atoms with van der Waals surface area (Å²) in [5.74, 6) is -0.482. The second-order valence-electron chi connectivity index (χ2n) is 4.67. The Kier molecular flexibility index (Phi) is 3.77. The molecule has 1 aliphatic heterocycles. The molecule has 1 aliphatic rings. The number of carbonyl (C=O) groups is 2. The monoisotopic (exact) mass is 247 g/mol. The molecule has 1 atom stereocenters. The fraction of sp³-hybridized carbons (Fsp3) is 0.429. The van der Waals surface area contributed by atoms with E-state index < -0.39 is 0 Å². The maximum absolute atomic E-state index is 11.9. The highest BCUT2D eigenvalue weighted by atomic mass is 16.3. The first-order valence-electron chi connectivity index (χ1n) is 6.20. The second kappa shape index (κ2) is 5.31. The SMILES string of the molecule is CC1CC(=O)N(c2cccc(CCCO)c2)C1=O. The van der Waals surface area contributed by atoms with Crippen LogP contribution in [0.15, 0.2) is 24.3 Å². The molecule has 0 aliphatic carbocycles. The van der Waals surface area contributed by atoms with E-state index in [9.17, 15) is 9.59 Å². The van der Waals surface area contributed by atoms with Gasteiger partial charge in [0.1, 0.15) is 0 Å². The molecular weight excluding hydrogens is 230 g/mol. The summed E-state index contributed by atoms with van der Waals surface area (Å²) >= 11 is 0. The molecule has 2 rings (SSSR count). The van der Waals surface area contributed by atoms with E-state index in [0.717, 1.165) is 12.0 Å². The molecule has 1 N–H and O–H groups in total. The van der Waals surface area contributed by atoms with Gasteiger partial charge in [-0.1, -0.05) is 19.1 Å². The van der Waals surface area contributed by atoms with Crippen LogP contribution in [0.1, 0.15) is 25.3 Å². The molecule has 0 spiro atoms. The number of aryl methyl sites for hydroxylation is 1. The lowest BCUT2D eigenvalue weighted by Gasteiger charge is -2.15. The van der Waals surface area contributed by atoms with Crippen molar-refractivity contribution in [3.8, 4) is 0 Å². The van der Waals surface area contributed by atoms with Crippen molar-refractivity contribution in [3.05, 3.63) is 29.8 Å². The molecule has 0 aromatic heterocycles. The average molecular weight is 247 g/mol. The minimum Gasteiger partial charge on any atom is -0.396 e. The Morgan fingerprint density at radius 2 is 2.17 bits per heavy atom. The standard InChI is InChI=1S/C14H17NO3/c1-10-8-13(17)15(14(10)18)12-6-2-4-11(9-12)5-3-7-16/h2,4,6,9-10,16H,3,5,7-8H2,1H3. The van der Waals surface area contributed by atoms with Gasteiger partial charge < -0.3 is 5.11 Å². The Labute approximate surface area is 106 Å². The van der Waals surface area contributed by atoms with Crippen LogP contribution in [0, 0.1) is 5.92 Å². The van der Waals surface area contributed by atoms with E-state index in [2.05, 4.69) is 0 Å². The Balaban J connectivity index is 2.23. The van der Waals surface area contributed by atoms with E-state index >= 15 is 0 Å². The normalized spacial score (nSPS) is 19.7. The number of rotatable bonds is 4. The number of hydrogen-bond donors (Lipinski definition) is 1. The molecule has 1 unspecified atom stereocenters. The van der Waals surface area contributed by atoms with Gasteiger partial charge in [0.15, 0.2) is 0 Å². The number of hydrogen-bond acceptors (Lipinski definition) is 3. The third-order valence-electron chi connectivity index (χ3n) is 3.16. The molecular formula is C14H17NO3. The van der Waals surface area contributed by atoms with Crippen LogP contribution < -0.4 is 4.90 Å². The van der Waals surface area contributed by atoms with Crippen LogP contribution in [-0.2, 0) is 16.0 Å². The van der Waals surface area contributed by atoms with Gasteiger partial charge in [-0.15, -0.1) is 0 Å². The second-order valence-corrected chi connectivity index (χ2v) is 4.67. The summed E-state index contributed by atoms with van der Waals surface area (Å²) in [6.07, 6.45) is 1.72. The molecule has 96 valence electrons. The predicted molar refractivity (Wildman–Crippen MR) is 68.1 cm³/mol. The van der Waals surface area contributed by atoms with Crippen LogP contribution in [0.2, 0.25) is 0 Å². The van der Waals surface area contributed by atoms with Crippen molar-refractivity contribution in [2.45, 2.75) is 26.2 Å². The summed E-state index contributed by atoms with van der Waals surface area (Å²) in [5, 5.41) is 8.81.